The van der Waals surface area contributed by atoms with Gasteiger partial charge in [-0.2, -0.15) is 0 Å². The number of thiophene rings is 1. The number of carbonyl (C=O) groups excluding carboxylic acids is 1. The monoisotopic (exact) mass is 249 g/mol. The molecular formula is C12H11NO3S. The van der Waals surface area contributed by atoms with Crippen molar-refractivity contribution >= 4 is 27.3 Å². The van der Waals surface area contributed by atoms with Crippen molar-refractivity contribution in [2.24, 2.45) is 0 Å². The van der Waals surface area contributed by atoms with Crippen LogP contribution in [-0.4, -0.2) is 20.1 Å². The summed E-state index contributed by atoms with van der Waals surface area (Å²) in [4.78, 5) is 12.4. The van der Waals surface area contributed by atoms with E-state index in [4.69, 9.17) is 9.47 Å². The Morgan fingerprint density at radius 1 is 1.24 bits per heavy atom. The van der Waals surface area contributed by atoms with E-state index in [1.165, 1.54) is 11.3 Å². The molecule has 0 spiro atoms. The molecule has 0 saturated heterocycles. The highest BCUT2D eigenvalue weighted by atomic mass is 32.1. The molecule has 0 fully saturated rings. The van der Waals surface area contributed by atoms with Gasteiger partial charge < -0.3 is 14.8 Å². The van der Waals surface area contributed by atoms with Gasteiger partial charge in [-0.05, 0) is 6.07 Å². The molecule has 1 aliphatic rings. The van der Waals surface area contributed by atoms with E-state index in [1.807, 2.05) is 12.1 Å². The van der Waals surface area contributed by atoms with Crippen LogP contribution < -0.4 is 14.8 Å². The Hall–Kier alpha value is -1.75. The predicted octanol–water partition coefficient (Wildman–Crippen LogP) is 2.16. The lowest BCUT2D eigenvalue weighted by Crippen LogP contribution is -2.12. The van der Waals surface area contributed by atoms with Crippen molar-refractivity contribution in [3.8, 4) is 11.5 Å². The molecular weight excluding hydrogens is 238 g/mol. The average Bonchev–Trinajstić information content (AvgIpc) is 2.87. The van der Waals surface area contributed by atoms with E-state index in [9.17, 15) is 4.79 Å². The highest BCUT2D eigenvalue weighted by molar-refractivity contribution is 7.21. The van der Waals surface area contributed by atoms with E-state index in [1.54, 1.807) is 14.2 Å². The molecule has 0 atom stereocenters. The van der Waals surface area contributed by atoms with Crippen molar-refractivity contribution in [3.05, 3.63) is 22.6 Å². The van der Waals surface area contributed by atoms with Crippen LogP contribution >= 0.6 is 11.3 Å². The minimum Gasteiger partial charge on any atom is -0.493 e. The fourth-order valence-electron chi connectivity index (χ4n) is 2.08. The minimum atomic E-state index is 0.0131. The molecule has 1 aliphatic heterocycles. The second-order valence-corrected chi connectivity index (χ2v) is 4.85. The minimum absolute atomic E-state index is 0.0131. The van der Waals surface area contributed by atoms with Crippen molar-refractivity contribution in [3.63, 3.8) is 0 Å². The summed E-state index contributed by atoms with van der Waals surface area (Å²) in [6.45, 7) is 0.601. The molecule has 0 saturated carbocycles. The molecule has 0 bridgehead atoms. The summed E-state index contributed by atoms with van der Waals surface area (Å²) < 4.78 is 11.6. The van der Waals surface area contributed by atoms with Crippen LogP contribution in [0.15, 0.2) is 12.1 Å². The number of fused-ring (bicyclic) bond motifs is 3. The Balaban J connectivity index is 2.30. The van der Waals surface area contributed by atoms with E-state index in [0.717, 1.165) is 20.5 Å². The number of nitrogens with one attached hydrogen (secondary N) is 1. The smallest absolute Gasteiger partial charge is 0.262 e. The number of methoxy groups -OCH3 is 2. The Bertz CT molecular complexity index is 618. The molecule has 0 unspecified atom stereocenters. The van der Waals surface area contributed by atoms with Crippen molar-refractivity contribution in [1.29, 1.82) is 0 Å². The van der Waals surface area contributed by atoms with Crippen LogP contribution in [-0.2, 0) is 6.54 Å². The summed E-state index contributed by atoms with van der Waals surface area (Å²) in [6, 6.07) is 3.86. The Morgan fingerprint density at radius 2 is 1.94 bits per heavy atom. The third-order valence-electron chi connectivity index (χ3n) is 2.93. The van der Waals surface area contributed by atoms with Gasteiger partial charge in [-0.3, -0.25) is 4.79 Å². The first-order chi connectivity index (χ1) is 8.24. The highest BCUT2D eigenvalue weighted by Gasteiger charge is 2.25. The van der Waals surface area contributed by atoms with Crippen molar-refractivity contribution in [1.82, 2.24) is 5.32 Å². The normalized spacial score (nSPS) is 13.6. The first-order valence-electron chi connectivity index (χ1n) is 5.20. The second kappa shape index (κ2) is 3.63. The molecule has 88 valence electrons. The molecule has 17 heavy (non-hydrogen) atoms. The SMILES string of the molecule is COc1cc2sc3c(c2cc1OC)CNC3=O. The van der Waals surface area contributed by atoms with Crippen LogP contribution in [0.3, 0.4) is 0 Å². The topological polar surface area (TPSA) is 47.6 Å². The van der Waals surface area contributed by atoms with Gasteiger partial charge in [0.2, 0.25) is 0 Å². The third kappa shape index (κ3) is 1.39. The van der Waals surface area contributed by atoms with Gasteiger partial charge >= 0.3 is 0 Å². The molecule has 5 heteroatoms. The number of rotatable bonds is 2. The van der Waals surface area contributed by atoms with Gasteiger partial charge in [0.15, 0.2) is 11.5 Å². The molecule has 2 heterocycles. The average molecular weight is 249 g/mol. The van der Waals surface area contributed by atoms with E-state index >= 15 is 0 Å². The molecule has 3 rings (SSSR count). The number of hydrogen-bond acceptors (Lipinski definition) is 4. The zero-order chi connectivity index (χ0) is 12.0. The van der Waals surface area contributed by atoms with Gasteiger partial charge in [0, 0.05) is 28.3 Å². The Morgan fingerprint density at radius 3 is 2.65 bits per heavy atom. The van der Waals surface area contributed by atoms with Gasteiger partial charge in [-0.1, -0.05) is 0 Å². The summed E-state index contributed by atoms with van der Waals surface area (Å²) in [7, 11) is 3.22. The summed E-state index contributed by atoms with van der Waals surface area (Å²) in [5.41, 5.74) is 1.07. The second-order valence-electron chi connectivity index (χ2n) is 3.80. The molecule has 2 aromatic rings. The van der Waals surface area contributed by atoms with Gasteiger partial charge in [-0.15, -0.1) is 11.3 Å². The number of ether oxygens (including phenoxy) is 2. The van der Waals surface area contributed by atoms with Gasteiger partial charge in [0.05, 0.1) is 19.1 Å². The highest BCUT2D eigenvalue weighted by Crippen LogP contribution is 2.40. The van der Waals surface area contributed by atoms with Crippen LogP contribution in [0.25, 0.3) is 10.1 Å². The number of benzene rings is 1. The standard InChI is InChI=1S/C12H11NO3S/c1-15-8-3-6-7-5-13-12(14)11(7)17-10(6)4-9(8)16-2/h3-4H,5H2,1-2H3,(H,13,14). The maximum absolute atomic E-state index is 11.6. The first kappa shape index (κ1) is 10.4. The van der Waals surface area contributed by atoms with E-state index in [0.29, 0.717) is 18.0 Å². The Labute approximate surface area is 102 Å². The third-order valence-corrected chi connectivity index (χ3v) is 4.12. The first-order valence-corrected chi connectivity index (χ1v) is 6.02. The summed E-state index contributed by atoms with van der Waals surface area (Å²) in [6.07, 6.45) is 0. The lowest BCUT2D eigenvalue weighted by atomic mass is 10.1. The molecule has 1 amide bonds. The van der Waals surface area contributed by atoms with E-state index in [2.05, 4.69) is 5.32 Å². The Kier molecular flexibility index (Phi) is 2.22. The van der Waals surface area contributed by atoms with Crippen LogP contribution in [0.2, 0.25) is 0 Å². The zero-order valence-corrected chi connectivity index (χ0v) is 10.3. The molecule has 4 nitrogen and oxygen atoms in total. The maximum atomic E-state index is 11.6. The van der Waals surface area contributed by atoms with Crippen LogP contribution in [0.5, 0.6) is 11.5 Å². The van der Waals surface area contributed by atoms with Crippen molar-refractivity contribution in [2.45, 2.75) is 6.54 Å². The lowest BCUT2D eigenvalue weighted by Gasteiger charge is -2.07. The van der Waals surface area contributed by atoms with Crippen LogP contribution in [0, 0.1) is 0 Å². The number of hydrogen-bond donors (Lipinski definition) is 1. The molecule has 1 aromatic carbocycles. The van der Waals surface area contributed by atoms with Crippen molar-refractivity contribution in [2.75, 3.05) is 14.2 Å². The summed E-state index contributed by atoms with van der Waals surface area (Å²) in [5.74, 6) is 1.40. The lowest BCUT2D eigenvalue weighted by molar-refractivity contribution is 0.0969. The van der Waals surface area contributed by atoms with E-state index < -0.39 is 0 Å². The maximum Gasteiger partial charge on any atom is 0.262 e. The quantitative estimate of drug-likeness (QED) is 0.887. The number of amides is 1. The predicted molar refractivity (Wildman–Crippen MR) is 66.1 cm³/mol. The van der Waals surface area contributed by atoms with Crippen LogP contribution in [0.1, 0.15) is 15.2 Å². The summed E-state index contributed by atoms with van der Waals surface area (Å²) >= 11 is 1.50. The largest absolute Gasteiger partial charge is 0.493 e. The molecule has 0 radical (unpaired) electrons. The number of carbonyl (C=O) groups is 1. The van der Waals surface area contributed by atoms with Gasteiger partial charge in [0.25, 0.3) is 5.91 Å². The van der Waals surface area contributed by atoms with Crippen LogP contribution in [0.4, 0.5) is 0 Å². The van der Waals surface area contributed by atoms with Crippen molar-refractivity contribution < 1.29 is 14.3 Å². The fraction of sp³-hybridized carbons (Fsp3) is 0.250. The zero-order valence-electron chi connectivity index (χ0n) is 9.49. The molecule has 0 aliphatic carbocycles. The van der Waals surface area contributed by atoms with Gasteiger partial charge in [0.1, 0.15) is 0 Å². The fourth-order valence-corrected chi connectivity index (χ4v) is 3.23. The van der Waals surface area contributed by atoms with Gasteiger partial charge in [-0.25, -0.2) is 0 Å². The van der Waals surface area contributed by atoms with E-state index in [-0.39, 0.29) is 5.91 Å². The molecule has 1 N–H and O–H groups in total. The summed E-state index contributed by atoms with van der Waals surface area (Å²) in [5, 5.41) is 3.89. The molecule has 1 aromatic heterocycles.